The van der Waals surface area contributed by atoms with E-state index in [1.165, 1.54) is 0 Å². The molecule has 0 bridgehead atoms. The van der Waals surface area contributed by atoms with Crippen molar-refractivity contribution in [3.8, 4) is 0 Å². The number of carbonyl (C=O) groups excluding carboxylic acids is 1. The summed E-state index contributed by atoms with van der Waals surface area (Å²) in [7, 11) is 0. The molecule has 0 spiro atoms. The Labute approximate surface area is 159 Å². The molecule has 0 aromatic heterocycles. The zero-order valence-corrected chi connectivity index (χ0v) is 13.4. The molecule has 0 atom stereocenters. The normalized spacial score (nSPS) is 15.2. The van der Waals surface area contributed by atoms with E-state index in [4.69, 9.17) is 0 Å². The zero-order chi connectivity index (χ0) is 18.6. The summed E-state index contributed by atoms with van der Waals surface area (Å²) in [5.74, 6) is -43.5. The van der Waals surface area contributed by atoms with Crippen LogP contribution in [0.1, 0.15) is 0 Å². The van der Waals surface area contributed by atoms with Crippen molar-refractivity contribution in [1.82, 2.24) is 0 Å². The van der Waals surface area contributed by atoms with Crippen LogP contribution in [0.5, 0.6) is 0 Å². The van der Waals surface area contributed by atoms with Gasteiger partial charge >= 0.3 is 87.2 Å². The van der Waals surface area contributed by atoms with E-state index in [9.17, 15) is 67.0 Å². The van der Waals surface area contributed by atoms with Crippen molar-refractivity contribution in [3.63, 3.8) is 0 Å². The Balaban J connectivity index is 0. The van der Waals surface area contributed by atoms with E-state index < -0.39 is 41.8 Å². The van der Waals surface area contributed by atoms with Gasteiger partial charge in [-0.25, -0.2) is 0 Å². The molecule has 0 saturated carbocycles. The van der Waals surface area contributed by atoms with Crippen LogP contribution >= 0.6 is 0 Å². The van der Waals surface area contributed by atoms with Gasteiger partial charge in [-0.1, -0.05) is 0 Å². The van der Waals surface area contributed by atoms with Crippen molar-refractivity contribution in [2.45, 2.75) is 35.8 Å². The van der Waals surface area contributed by atoms with Crippen LogP contribution < -0.4 is 56.5 Å². The van der Waals surface area contributed by atoms with Crippen molar-refractivity contribution >= 4 is 5.97 Å². The minimum Gasteiger partial charge on any atom is -0.544 e. The second-order valence-electron chi connectivity index (χ2n) is 3.66. The van der Waals surface area contributed by atoms with Crippen molar-refractivity contribution < 1.29 is 118 Å². The Bertz CT molecular complexity index is 454. The quantitative estimate of drug-likeness (QED) is 0.459. The van der Waals surface area contributed by atoms with E-state index in [0.717, 1.165) is 0 Å². The first-order valence-corrected chi connectivity index (χ1v) is 4.37. The molecule has 0 aromatic carbocycles. The molecule has 0 rings (SSSR count). The van der Waals surface area contributed by atoms with Gasteiger partial charge < -0.3 is 9.90 Å². The van der Waals surface area contributed by atoms with Crippen LogP contribution in [0.2, 0.25) is 0 Å². The number of carboxylic acid groups (broad SMARTS) is 1. The van der Waals surface area contributed by atoms with Gasteiger partial charge in [-0.3, -0.25) is 0 Å². The molecule has 0 aliphatic heterocycles. The van der Waals surface area contributed by atoms with E-state index in [-0.39, 0.29) is 51.4 Å². The Hall–Kier alpha value is 0.196. The Morgan fingerprint density at radius 2 is 0.826 bits per heavy atom. The van der Waals surface area contributed by atoms with Crippen LogP contribution in [-0.2, 0) is 4.79 Å². The summed E-state index contributed by atoms with van der Waals surface area (Å²) < 4.78 is 159. The maximum absolute atomic E-state index is 12.6. The SMILES string of the molecule is O=C([O-])C(F)(F)C(F)(F)C(F)(F)C(F)(F)C(F)(F)C(F)(F)F.[K+]. The minimum absolute atomic E-state index is 0. The summed E-state index contributed by atoms with van der Waals surface area (Å²) in [5, 5.41) is 9.56. The number of rotatable bonds is 5. The minimum atomic E-state index is -8.11. The number of carbonyl (C=O) groups is 1. The molecule has 0 saturated heterocycles. The van der Waals surface area contributed by atoms with Crippen LogP contribution in [0.15, 0.2) is 0 Å². The fourth-order valence-corrected chi connectivity index (χ4v) is 0.898. The van der Waals surface area contributed by atoms with E-state index in [2.05, 4.69) is 0 Å². The molecule has 0 aliphatic rings. The molecule has 0 heterocycles. The summed E-state index contributed by atoms with van der Waals surface area (Å²) in [5.41, 5.74) is 0. The average Bonchev–Trinajstić information content (AvgIpc) is 2.25. The van der Waals surface area contributed by atoms with Crippen LogP contribution in [0, 0.1) is 0 Å². The predicted molar refractivity (Wildman–Crippen MR) is 35.8 cm³/mol. The third-order valence-corrected chi connectivity index (χ3v) is 2.19. The van der Waals surface area contributed by atoms with Gasteiger partial charge in [0.05, 0.1) is 0 Å². The second-order valence-corrected chi connectivity index (χ2v) is 3.66. The van der Waals surface area contributed by atoms with Crippen LogP contribution in [-0.4, -0.2) is 41.8 Å². The first kappa shape index (κ1) is 25.4. The molecule has 16 heteroatoms. The fourth-order valence-electron chi connectivity index (χ4n) is 0.898. The molecule has 23 heavy (non-hydrogen) atoms. The second kappa shape index (κ2) is 6.49. The molecule has 132 valence electrons. The summed E-state index contributed by atoms with van der Waals surface area (Å²) in [6, 6.07) is 0. The largest absolute Gasteiger partial charge is 1.00 e. The summed E-state index contributed by atoms with van der Waals surface area (Å²) in [6.45, 7) is 0. The number of aliphatic carboxylic acids is 1. The first-order valence-electron chi connectivity index (χ1n) is 4.37. The van der Waals surface area contributed by atoms with E-state index >= 15 is 0 Å². The zero-order valence-electron chi connectivity index (χ0n) is 10.2. The smallest absolute Gasteiger partial charge is 0.544 e. The molecule has 0 unspecified atom stereocenters. The molecular weight excluding hydrogens is 402 g/mol. The molecule has 0 aliphatic carbocycles. The number of hydrogen-bond donors (Lipinski definition) is 0. The summed E-state index contributed by atoms with van der Waals surface area (Å²) >= 11 is 0. The van der Waals surface area contributed by atoms with Crippen molar-refractivity contribution in [2.24, 2.45) is 0 Å². The predicted octanol–water partition coefficient (Wildman–Crippen LogP) is -0.521. The molecule has 0 N–H and O–H groups in total. The van der Waals surface area contributed by atoms with Crippen LogP contribution in [0.25, 0.3) is 0 Å². The topological polar surface area (TPSA) is 40.1 Å². The maximum Gasteiger partial charge on any atom is 1.00 e. The Morgan fingerprint density at radius 3 is 1.04 bits per heavy atom. The van der Waals surface area contributed by atoms with Crippen LogP contribution in [0.4, 0.5) is 57.1 Å². The first-order chi connectivity index (χ1) is 9.19. The number of alkyl halides is 13. The van der Waals surface area contributed by atoms with Gasteiger partial charge in [-0.05, 0) is 0 Å². The Morgan fingerprint density at radius 1 is 0.565 bits per heavy atom. The summed E-state index contributed by atoms with van der Waals surface area (Å²) in [6.07, 6.45) is -7.53. The molecule has 2 nitrogen and oxygen atoms in total. The van der Waals surface area contributed by atoms with E-state index in [0.29, 0.717) is 0 Å². The summed E-state index contributed by atoms with van der Waals surface area (Å²) in [4.78, 5) is 9.56. The van der Waals surface area contributed by atoms with E-state index in [1.54, 1.807) is 0 Å². The van der Waals surface area contributed by atoms with Gasteiger partial charge in [0.15, 0.2) is 0 Å². The van der Waals surface area contributed by atoms with Crippen molar-refractivity contribution in [1.29, 1.82) is 0 Å². The molecular formula is C7F13KO2. The van der Waals surface area contributed by atoms with E-state index in [1.807, 2.05) is 0 Å². The van der Waals surface area contributed by atoms with Crippen molar-refractivity contribution in [3.05, 3.63) is 0 Å². The van der Waals surface area contributed by atoms with Gasteiger partial charge in [-0.2, -0.15) is 57.1 Å². The van der Waals surface area contributed by atoms with Crippen LogP contribution in [0.3, 0.4) is 0 Å². The Kier molecular flexibility index (Phi) is 7.18. The maximum atomic E-state index is 12.6. The van der Waals surface area contributed by atoms with Gasteiger partial charge in [0.25, 0.3) is 0 Å². The third kappa shape index (κ3) is 3.45. The third-order valence-electron chi connectivity index (χ3n) is 2.19. The molecule has 0 fully saturated rings. The average molecular weight is 402 g/mol. The number of carboxylic acids is 1. The van der Waals surface area contributed by atoms with Gasteiger partial charge in [0.1, 0.15) is 5.97 Å². The van der Waals surface area contributed by atoms with Gasteiger partial charge in [-0.15, -0.1) is 0 Å². The van der Waals surface area contributed by atoms with Gasteiger partial charge in [0, 0.05) is 0 Å². The number of halogens is 13. The monoisotopic (exact) mass is 402 g/mol. The fraction of sp³-hybridized carbons (Fsp3) is 0.857. The standard InChI is InChI=1S/C7HF13O2.K/c8-2(9,1(21)22)3(10,11)4(12,13)5(14,15)6(16,17)7(18,19)20;/h(H,21,22);/q;+1/p-1. The number of hydrogen-bond acceptors (Lipinski definition) is 2. The molecule has 0 radical (unpaired) electrons. The molecule has 0 aromatic rings. The van der Waals surface area contributed by atoms with Crippen molar-refractivity contribution in [2.75, 3.05) is 0 Å². The molecule has 0 amide bonds. The van der Waals surface area contributed by atoms with Gasteiger partial charge in [0.2, 0.25) is 0 Å².